The summed E-state index contributed by atoms with van der Waals surface area (Å²) in [5.74, 6) is 0. The zero-order valence-electron chi connectivity index (χ0n) is 10.3. The molecule has 0 radical (unpaired) electrons. The van der Waals surface area contributed by atoms with Crippen molar-refractivity contribution in [2.45, 2.75) is 32.4 Å². The maximum Gasteiger partial charge on any atom is 0.138 e. The fraction of sp³-hybridized carbons (Fsp3) is 0.538. The van der Waals surface area contributed by atoms with Crippen LogP contribution in [-0.2, 0) is 5.41 Å². The molecule has 1 atom stereocenters. The van der Waals surface area contributed by atoms with Crippen LogP contribution in [0.4, 0.5) is 4.39 Å². The lowest BCUT2D eigenvalue weighted by Gasteiger charge is -2.21. The van der Waals surface area contributed by atoms with E-state index in [2.05, 4.69) is 26.1 Å². The molecule has 90 valence electrons. The normalized spacial score (nSPS) is 13.9. The van der Waals surface area contributed by atoms with Gasteiger partial charge in [0, 0.05) is 11.6 Å². The average Bonchev–Trinajstić information content (AvgIpc) is 2.16. The van der Waals surface area contributed by atoms with E-state index in [1.807, 2.05) is 12.1 Å². The lowest BCUT2D eigenvalue weighted by molar-refractivity contribution is 0.335. The van der Waals surface area contributed by atoms with E-state index < -0.39 is 6.17 Å². The summed E-state index contributed by atoms with van der Waals surface area (Å²) < 4.78 is 13.6. The van der Waals surface area contributed by atoms with Crippen LogP contribution in [0.15, 0.2) is 18.2 Å². The molecule has 0 saturated carbocycles. The topological polar surface area (TPSA) is 12.0 Å². The van der Waals surface area contributed by atoms with Crippen molar-refractivity contribution in [2.75, 3.05) is 13.6 Å². The molecule has 0 fully saturated rings. The number of halogens is 2. The number of hydrogen-bond donors (Lipinski definition) is 1. The summed E-state index contributed by atoms with van der Waals surface area (Å²) in [5, 5.41) is 3.45. The number of alkyl halides is 1. The van der Waals surface area contributed by atoms with Crippen LogP contribution >= 0.6 is 11.6 Å². The van der Waals surface area contributed by atoms with Crippen molar-refractivity contribution < 1.29 is 4.39 Å². The molecule has 1 aromatic rings. The lowest BCUT2D eigenvalue weighted by atomic mass is 9.86. The van der Waals surface area contributed by atoms with Crippen LogP contribution in [0.3, 0.4) is 0 Å². The third kappa shape index (κ3) is 3.19. The molecule has 3 heteroatoms. The van der Waals surface area contributed by atoms with E-state index in [1.165, 1.54) is 0 Å². The standard InChI is InChI=1S/C13H19ClFN/c1-13(2,3)10-6-5-9(7-11(10)14)12(15)8-16-4/h5-7,12,16H,8H2,1-4H3. The van der Waals surface area contributed by atoms with E-state index in [0.29, 0.717) is 17.1 Å². The quantitative estimate of drug-likeness (QED) is 0.850. The van der Waals surface area contributed by atoms with E-state index in [1.54, 1.807) is 13.1 Å². The van der Waals surface area contributed by atoms with Crippen molar-refractivity contribution >= 4 is 11.6 Å². The number of nitrogens with one attached hydrogen (secondary N) is 1. The SMILES string of the molecule is CNCC(F)c1ccc(C(C)(C)C)c(Cl)c1. The van der Waals surface area contributed by atoms with Gasteiger partial charge in [0.25, 0.3) is 0 Å². The molecule has 1 unspecified atom stereocenters. The van der Waals surface area contributed by atoms with Gasteiger partial charge in [-0.1, -0.05) is 44.5 Å². The van der Waals surface area contributed by atoms with Crippen molar-refractivity contribution in [3.8, 4) is 0 Å². The minimum Gasteiger partial charge on any atom is -0.317 e. The van der Waals surface area contributed by atoms with Gasteiger partial charge >= 0.3 is 0 Å². The van der Waals surface area contributed by atoms with E-state index in [0.717, 1.165) is 5.56 Å². The molecule has 0 amide bonds. The molecule has 0 aliphatic heterocycles. The fourth-order valence-electron chi connectivity index (χ4n) is 1.63. The Morgan fingerprint density at radius 3 is 2.44 bits per heavy atom. The Kier molecular flexibility index (Phi) is 4.34. The molecule has 1 nitrogen and oxygen atoms in total. The largest absolute Gasteiger partial charge is 0.317 e. The summed E-state index contributed by atoms with van der Waals surface area (Å²) in [6, 6.07) is 5.46. The zero-order valence-corrected chi connectivity index (χ0v) is 11.0. The molecule has 0 saturated heterocycles. The maximum absolute atomic E-state index is 13.6. The van der Waals surface area contributed by atoms with Gasteiger partial charge in [0.2, 0.25) is 0 Å². The van der Waals surface area contributed by atoms with Gasteiger partial charge in [-0.15, -0.1) is 0 Å². The van der Waals surface area contributed by atoms with Gasteiger partial charge < -0.3 is 5.32 Å². The first-order chi connectivity index (χ1) is 7.36. The molecule has 1 rings (SSSR count). The second kappa shape index (κ2) is 5.15. The molecule has 0 aliphatic carbocycles. The van der Waals surface area contributed by atoms with Gasteiger partial charge in [0.15, 0.2) is 0 Å². The summed E-state index contributed by atoms with van der Waals surface area (Å²) in [6.45, 7) is 6.59. The smallest absolute Gasteiger partial charge is 0.138 e. The Bertz CT molecular complexity index is 357. The molecule has 0 spiro atoms. The molecule has 1 aromatic carbocycles. The molecular weight excluding hydrogens is 225 g/mol. The van der Waals surface area contributed by atoms with Crippen LogP contribution in [0.2, 0.25) is 5.02 Å². The average molecular weight is 244 g/mol. The highest BCUT2D eigenvalue weighted by atomic mass is 35.5. The third-order valence-corrected chi connectivity index (χ3v) is 2.86. The Morgan fingerprint density at radius 1 is 1.38 bits per heavy atom. The van der Waals surface area contributed by atoms with Crippen LogP contribution in [0.5, 0.6) is 0 Å². The number of benzene rings is 1. The minimum atomic E-state index is -1.00. The van der Waals surface area contributed by atoms with E-state index in [4.69, 9.17) is 11.6 Å². The van der Waals surface area contributed by atoms with Crippen LogP contribution in [0.1, 0.15) is 38.1 Å². The Balaban J connectivity index is 3.00. The number of hydrogen-bond acceptors (Lipinski definition) is 1. The molecule has 0 heterocycles. The van der Waals surface area contributed by atoms with Crippen molar-refractivity contribution in [1.29, 1.82) is 0 Å². The summed E-state index contributed by atoms with van der Waals surface area (Å²) in [7, 11) is 1.73. The second-order valence-corrected chi connectivity index (χ2v) is 5.42. The molecular formula is C13H19ClFN. The Hall–Kier alpha value is -0.600. The molecule has 1 N–H and O–H groups in total. The van der Waals surface area contributed by atoms with Gasteiger partial charge in [-0.25, -0.2) is 4.39 Å². The van der Waals surface area contributed by atoms with Gasteiger partial charge in [-0.05, 0) is 29.7 Å². The number of rotatable bonds is 3. The molecule has 0 aliphatic rings. The third-order valence-electron chi connectivity index (χ3n) is 2.55. The monoisotopic (exact) mass is 243 g/mol. The summed E-state index contributed by atoms with van der Waals surface area (Å²) in [6.07, 6.45) is -1.00. The molecule has 0 aromatic heterocycles. The van der Waals surface area contributed by atoms with Gasteiger partial charge in [-0.3, -0.25) is 0 Å². The number of likely N-dealkylation sites (N-methyl/N-ethyl adjacent to an activating group) is 1. The van der Waals surface area contributed by atoms with Gasteiger partial charge in [0.05, 0.1) is 0 Å². The summed E-state index contributed by atoms with van der Waals surface area (Å²) in [5.41, 5.74) is 1.67. The van der Waals surface area contributed by atoms with Gasteiger partial charge in [0.1, 0.15) is 6.17 Å². The minimum absolute atomic E-state index is 0.00949. The molecule has 16 heavy (non-hydrogen) atoms. The van der Waals surface area contributed by atoms with Crippen molar-refractivity contribution in [2.24, 2.45) is 0 Å². The van der Waals surface area contributed by atoms with Crippen LogP contribution < -0.4 is 5.32 Å². The van der Waals surface area contributed by atoms with Crippen LogP contribution in [0.25, 0.3) is 0 Å². The predicted octanol–water partition coefficient (Wildman–Crippen LogP) is 3.87. The Morgan fingerprint density at radius 2 is 2.00 bits per heavy atom. The highest BCUT2D eigenvalue weighted by Gasteiger charge is 2.18. The van der Waals surface area contributed by atoms with E-state index in [9.17, 15) is 4.39 Å². The highest BCUT2D eigenvalue weighted by Crippen LogP contribution is 2.31. The van der Waals surface area contributed by atoms with Crippen LogP contribution in [0, 0.1) is 0 Å². The summed E-state index contributed by atoms with van der Waals surface area (Å²) in [4.78, 5) is 0. The first-order valence-electron chi connectivity index (χ1n) is 5.45. The van der Waals surface area contributed by atoms with Crippen molar-refractivity contribution in [3.05, 3.63) is 34.3 Å². The molecule has 0 bridgehead atoms. The first kappa shape index (κ1) is 13.5. The zero-order chi connectivity index (χ0) is 12.3. The first-order valence-corrected chi connectivity index (χ1v) is 5.82. The predicted molar refractivity (Wildman–Crippen MR) is 67.9 cm³/mol. The Labute approximate surface area is 102 Å². The fourth-order valence-corrected chi connectivity index (χ4v) is 2.10. The van der Waals surface area contributed by atoms with Crippen LogP contribution in [-0.4, -0.2) is 13.6 Å². The van der Waals surface area contributed by atoms with Crippen molar-refractivity contribution in [3.63, 3.8) is 0 Å². The maximum atomic E-state index is 13.6. The lowest BCUT2D eigenvalue weighted by Crippen LogP contribution is -2.15. The van der Waals surface area contributed by atoms with E-state index in [-0.39, 0.29) is 5.41 Å². The summed E-state index contributed by atoms with van der Waals surface area (Å²) >= 11 is 6.17. The van der Waals surface area contributed by atoms with Crippen molar-refractivity contribution in [1.82, 2.24) is 5.32 Å². The second-order valence-electron chi connectivity index (χ2n) is 5.01. The highest BCUT2D eigenvalue weighted by molar-refractivity contribution is 6.31. The van der Waals surface area contributed by atoms with E-state index >= 15 is 0 Å². The van der Waals surface area contributed by atoms with Gasteiger partial charge in [-0.2, -0.15) is 0 Å².